The third kappa shape index (κ3) is 4.42. The molecule has 1 N–H and O–H groups in total. The van der Waals surface area contributed by atoms with E-state index in [1.165, 1.54) is 36.6 Å². The summed E-state index contributed by atoms with van der Waals surface area (Å²) in [7, 11) is -4.14. The van der Waals surface area contributed by atoms with Gasteiger partial charge in [0.1, 0.15) is 16.4 Å². The maximum atomic E-state index is 14.9. The summed E-state index contributed by atoms with van der Waals surface area (Å²) in [4.78, 5) is 12.7. The monoisotopic (exact) mass is 508 g/mol. The standard InChI is InChI=1S/C25H23ClF2O5S/c26-18-1-4-20(5-2-18)34(31,32)25(21-14-19(27)3-6-22(21)28)10-7-16(8-11-25)13-23(30)24-17(15-29)9-12-33-24/h1-6,9,12,14,16,29H,7-8,10-11,13,15H2. The lowest BCUT2D eigenvalue weighted by Crippen LogP contribution is -2.41. The predicted molar refractivity (Wildman–Crippen MR) is 122 cm³/mol. The van der Waals surface area contributed by atoms with Crippen LogP contribution in [0, 0.1) is 17.6 Å². The molecule has 1 saturated carbocycles. The van der Waals surface area contributed by atoms with Gasteiger partial charge in [0, 0.05) is 22.6 Å². The molecule has 0 radical (unpaired) electrons. The Hall–Kier alpha value is -2.55. The van der Waals surface area contributed by atoms with Gasteiger partial charge < -0.3 is 9.52 Å². The van der Waals surface area contributed by atoms with E-state index < -0.39 is 26.2 Å². The van der Waals surface area contributed by atoms with Crippen molar-refractivity contribution in [2.75, 3.05) is 0 Å². The molecule has 5 nitrogen and oxygen atoms in total. The van der Waals surface area contributed by atoms with Crippen molar-refractivity contribution >= 4 is 27.2 Å². The van der Waals surface area contributed by atoms with Gasteiger partial charge in [-0.2, -0.15) is 0 Å². The van der Waals surface area contributed by atoms with Crippen LogP contribution >= 0.6 is 11.6 Å². The maximum Gasteiger partial charge on any atom is 0.198 e. The summed E-state index contributed by atoms with van der Waals surface area (Å²) in [5.41, 5.74) is 0.183. The van der Waals surface area contributed by atoms with Crippen molar-refractivity contribution in [2.45, 2.75) is 48.4 Å². The van der Waals surface area contributed by atoms with E-state index in [-0.39, 0.29) is 53.8 Å². The molecule has 1 aliphatic rings. The van der Waals surface area contributed by atoms with Gasteiger partial charge in [-0.3, -0.25) is 4.79 Å². The summed E-state index contributed by atoms with van der Waals surface area (Å²) in [6.07, 6.45) is 2.08. The summed E-state index contributed by atoms with van der Waals surface area (Å²) in [6, 6.07) is 9.96. The first-order valence-electron chi connectivity index (χ1n) is 10.8. The smallest absolute Gasteiger partial charge is 0.198 e. The van der Waals surface area contributed by atoms with E-state index in [1.54, 1.807) is 0 Å². The molecule has 1 aromatic heterocycles. The zero-order valence-electron chi connectivity index (χ0n) is 18.1. The van der Waals surface area contributed by atoms with E-state index in [0.717, 1.165) is 18.2 Å². The first kappa shape index (κ1) is 24.6. The fourth-order valence-corrected chi connectivity index (χ4v) is 7.07. The van der Waals surface area contributed by atoms with Crippen molar-refractivity contribution < 1.29 is 31.5 Å². The van der Waals surface area contributed by atoms with E-state index >= 15 is 0 Å². The molecule has 1 aliphatic carbocycles. The molecule has 9 heteroatoms. The Kier molecular flexibility index (Phi) is 6.94. The van der Waals surface area contributed by atoms with E-state index in [0.29, 0.717) is 23.4 Å². The molecule has 2 aromatic carbocycles. The number of hydrogen-bond acceptors (Lipinski definition) is 5. The van der Waals surface area contributed by atoms with Crippen LogP contribution in [0.2, 0.25) is 5.02 Å². The number of sulfone groups is 1. The highest BCUT2D eigenvalue weighted by molar-refractivity contribution is 7.92. The first-order valence-corrected chi connectivity index (χ1v) is 12.7. The van der Waals surface area contributed by atoms with Gasteiger partial charge in [0.15, 0.2) is 21.4 Å². The zero-order valence-corrected chi connectivity index (χ0v) is 19.7. The van der Waals surface area contributed by atoms with Gasteiger partial charge in [0.25, 0.3) is 0 Å². The molecule has 1 fully saturated rings. The average molecular weight is 509 g/mol. The summed E-state index contributed by atoms with van der Waals surface area (Å²) in [6.45, 7) is -0.330. The van der Waals surface area contributed by atoms with Gasteiger partial charge in [-0.15, -0.1) is 0 Å². The van der Waals surface area contributed by atoms with Crippen LogP contribution < -0.4 is 0 Å². The number of rotatable bonds is 7. The van der Waals surface area contributed by atoms with Crippen LogP contribution in [-0.2, 0) is 21.2 Å². The second-order valence-corrected chi connectivity index (χ2v) is 11.3. The Labute approximate surface area is 201 Å². The molecule has 0 amide bonds. The van der Waals surface area contributed by atoms with Gasteiger partial charge in [-0.1, -0.05) is 11.6 Å². The Morgan fingerprint density at radius 1 is 1.09 bits per heavy atom. The van der Waals surface area contributed by atoms with Crippen LogP contribution in [0.15, 0.2) is 64.1 Å². The Balaban J connectivity index is 1.67. The Bertz CT molecular complexity index is 1290. The van der Waals surface area contributed by atoms with E-state index in [1.807, 2.05) is 0 Å². The highest BCUT2D eigenvalue weighted by Gasteiger charge is 2.50. The summed E-state index contributed by atoms with van der Waals surface area (Å²) in [5, 5.41) is 9.72. The number of carbonyl (C=O) groups excluding carboxylic acids is 1. The van der Waals surface area contributed by atoms with Gasteiger partial charge in [-0.25, -0.2) is 17.2 Å². The van der Waals surface area contributed by atoms with Gasteiger partial charge in [0.05, 0.1) is 17.8 Å². The fraction of sp³-hybridized carbons (Fsp3) is 0.320. The molecule has 3 aromatic rings. The molecule has 0 atom stereocenters. The number of benzene rings is 2. The van der Waals surface area contributed by atoms with Crippen molar-refractivity contribution in [3.8, 4) is 0 Å². The van der Waals surface area contributed by atoms with Crippen molar-refractivity contribution in [3.05, 3.63) is 88.3 Å². The fourth-order valence-electron chi connectivity index (χ4n) is 4.78. The number of ketones is 1. The second kappa shape index (κ2) is 9.60. The third-order valence-corrected chi connectivity index (χ3v) is 9.42. The van der Waals surface area contributed by atoms with E-state index in [9.17, 15) is 27.1 Å². The van der Waals surface area contributed by atoms with Crippen LogP contribution in [0.1, 0.15) is 53.8 Å². The Morgan fingerprint density at radius 3 is 2.41 bits per heavy atom. The van der Waals surface area contributed by atoms with Crippen LogP contribution in [0.5, 0.6) is 0 Å². The lowest BCUT2D eigenvalue weighted by molar-refractivity contribution is 0.0913. The van der Waals surface area contributed by atoms with Crippen LogP contribution in [-0.4, -0.2) is 19.3 Å². The highest BCUT2D eigenvalue weighted by atomic mass is 35.5. The number of halogens is 3. The number of carbonyl (C=O) groups is 1. The first-order chi connectivity index (χ1) is 16.2. The largest absolute Gasteiger partial charge is 0.461 e. The SMILES string of the molecule is O=C(CC1CCC(c2cc(F)ccc2F)(S(=O)(=O)c2ccc(Cl)cc2)CC1)c1occc1CO. The van der Waals surface area contributed by atoms with E-state index in [2.05, 4.69) is 0 Å². The number of furan rings is 1. The van der Waals surface area contributed by atoms with Crippen molar-refractivity contribution in [1.82, 2.24) is 0 Å². The number of hydrogen-bond donors (Lipinski definition) is 1. The molecule has 4 rings (SSSR count). The molecular formula is C25H23ClF2O5S. The van der Waals surface area contributed by atoms with Gasteiger partial charge in [-0.05, 0) is 80.1 Å². The molecule has 1 heterocycles. The lowest BCUT2D eigenvalue weighted by Gasteiger charge is -2.40. The summed E-state index contributed by atoms with van der Waals surface area (Å²) in [5.74, 6) is -1.90. The molecule has 180 valence electrons. The Morgan fingerprint density at radius 2 is 1.76 bits per heavy atom. The molecule has 0 aliphatic heterocycles. The van der Waals surface area contributed by atoms with Gasteiger partial charge in [0.2, 0.25) is 0 Å². The lowest BCUT2D eigenvalue weighted by atomic mass is 9.76. The number of aliphatic hydroxyl groups excluding tert-OH is 1. The van der Waals surface area contributed by atoms with E-state index in [4.69, 9.17) is 16.0 Å². The minimum absolute atomic E-state index is 0.0152. The molecule has 0 unspecified atom stereocenters. The highest BCUT2D eigenvalue weighted by Crippen LogP contribution is 2.50. The minimum Gasteiger partial charge on any atom is -0.461 e. The molecular weight excluding hydrogens is 486 g/mol. The molecule has 34 heavy (non-hydrogen) atoms. The van der Waals surface area contributed by atoms with Gasteiger partial charge >= 0.3 is 0 Å². The normalized spacial score (nSPS) is 20.9. The van der Waals surface area contributed by atoms with Crippen LogP contribution in [0.3, 0.4) is 0 Å². The quantitative estimate of drug-likeness (QED) is 0.405. The number of Topliss-reactive ketones (excluding diaryl/α,β-unsaturated/α-hetero) is 1. The zero-order chi connectivity index (χ0) is 24.5. The minimum atomic E-state index is -4.14. The topological polar surface area (TPSA) is 84.6 Å². The number of aliphatic hydroxyl groups is 1. The maximum absolute atomic E-state index is 14.9. The predicted octanol–water partition coefficient (Wildman–Crippen LogP) is 5.84. The second-order valence-electron chi connectivity index (χ2n) is 8.58. The average Bonchev–Trinajstić information content (AvgIpc) is 3.31. The van der Waals surface area contributed by atoms with Crippen molar-refractivity contribution in [1.29, 1.82) is 0 Å². The third-order valence-electron chi connectivity index (χ3n) is 6.61. The molecule has 0 bridgehead atoms. The molecule has 0 spiro atoms. The van der Waals surface area contributed by atoms with Crippen LogP contribution in [0.25, 0.3) is 0 Å². The molecule has 0 saturated heterocycles. The van der Waals surface area contributed by atoms with Crippen molar-refractivity contribution in [3.63, 3.8) is 0 Å². The van der Waals surface area contributed by atoms with Crippen molar-refractivity contribution in [2.24, 2.45) is 5.92 Å². The summed E-state index contributed by atoms with van der Waals surface area (Å²) < 4.78 is 60.3. The van der Waals surface area contributed by atoms with Crippen LogP contribution in [0.4, 0.5) is 8.78 Å². The summed E-state index contributed by atoms with van der Waals surface area (Å²) >= 11 is 5.92.